The van der Waals surface area contributed by atoms with Crippen LogP contribution in [-0.4, -0.2) is 35.2 Å². The fourth-order valence-electron chi connectivity index (χ4n) is 1.71. The summed E-state index contributed by atoms with van der Waals surface area (Å²) < 4.78 is 2.16. The second kappa shape index (κ2) is 3.95. The van der Waals surface area contributed by atoms with Crippen LogP contribution in [0.2, 0.25) is 0 Å². The lowest BCUT2D eigenvalue weighted by Crippen LogP contribution is -2.17. The number of nitrogens with zero attached hydrogens (tertiary/aromatic N) is 2. The zero-order valence-corrected chi connectivity index (χ0v) is 9.14. The maximum absolute atomic E-state index is 9.64. The molecule has 0 aliphatic carbocycles. The van der Waals surface area contributed by atoms with E-state index in [9.17, 15) is 5.11 Å². The predicted molar refractivity (Wildman–Crippen MR) is 62.2 cm³/mol. The average Bonchev–Trinajstić information content (AvgIpc) is 2.59. The van der Waals surface area contributed by atoms with Crippen molar-refractivity contribution in [1.29, 1.82) is 0 Å². The van der Waals surface area contributed by atoms with E-state index < -0.39 is 0 Å². The van der Waals surface area contributed by atoms with Crippen molar-refractivity contribution in [3.8, 4) is 5.75 Å². The second-order valence-electron chi connectivity index (χ2n) is 4.02. The van der Waals surface area contributed by atoms with Gasteiger partial charge in [0.15, 0.2) is 0 Å². The molecule has 1 aromatic heterocycles. The van der Waals surface area contributed by atoms with Gasteiger partial charge in [0, 0.05) is 24.7 Å². The summed E-state index contributed by atoms with van der Waals surface area (Å²) in [5, 5.41) is 10.6. The quantitative estimate of drug-likeness (QED) is 0.827. The number of hydrogen-bond acceptors (Lipinski definition) is 2. The van der Waals surface area contributed by atoms with E-state index in [1.165, 1.54) is 0 Å². The van der Waals surface area contributed by atoms with Gasteiger partial charge in [0.05, 0.1) is 5.52 Å². The molecular formula is C12H16N2O. The lowest BCUT2D eigenvalue weighted by molar-refractivity contribution is 0.387. The summed E-state index contributed by atoms with van der Waals surface area (Å²) in [5.74, 6) is 0.358. The second-order valence-corrected chi connectivity index (χ2v) is 4.02. The lowest BCUT2D eigenvalue weighted by Gasteiger charge is -2.11. The van der Waals surface area contributed by atoms with E-state index in [0.29, 0.717) is 5.75 Å². The van der Waals surface area contributed by atoms with Crippen molar-refractivity contribution >= 4 is 10.9 Å². The number of likely N-dealkylation sites (N-methyl/N-ethyl adjacent to an activating group) is 1. The summed E-state index contributed by atoms with van der Waals surface area (Å²) in [6, 6.07) is 7.59. The summed E-state index contributed by atoms with van der Waals surface area (Å²) in [4.78, 5) is 2.15. The Morgan fingerprint density at radius 3 is 2.80 bits per heavy atom. The normalized spacial score (nSPS) is 11.4. The molecule has 0 aliphatic rings. The SMILES string of the molecule is CN(C)CCn1ccc2c(O)cccc21. The fourth-order valence-corrected chi connectivity index (χ4v) is 1.71. The van der Waals surface area contributed by atoms with Gasteiger partial charge in [-0.05, 0) is 32.3 Å². The van der Waals surface area contributed by atoms with Gasteiger partial charge in [-0.15, -0.1) is 0 Å². The Bertz CT molecular complexity index is 460. The molecule has 0 saturated heterocycles. The van der Waals surface area contributed by atoms with Crippen LogP contribution in [0.4, 0.5) is 0 Å². The molecule has 3 nitrogen and oxygen atoms in total. The molecule has 1 heterocycles. The molecule has 0 fully saturated rings. The molecule has 0 bridgehead atoms. The van der Waals surface area contributed by atoms with Gasteiger partial charge in [-0.3, -0.25) is 0 Å². The molecule has 1 N–H and O–H groups in total. The number of phenolic OH excluding ortho intramolecular Hbond substituents is 1. The van der Waals surface area contributed by atoms with Crippen molar-refractivity contribution in [3.63, 3.8) is 0 Å². The largest absolute Gasteiger partial charge is 0.507 e. The monoisotopic (exact) mass is 204 g/mol. The van der Waals surface area contributed by atoms with Crippen molar-refractivity contribution in [3.05, 3.63) is 30.5 Å². The third kappa shape index (κ3) is 1.97. The van der Waals surface area contributed by atoms with Crippen molar-refractivity contribution in [2.45, 2.75) is 6.54 Å². The Morgan fingerprint density at radius 1 is 1.27 bits per heavy atom. The van der Waals surface area contributed by atoms with Gasteiger partial charge < -0.3 is 14.6 Å². The molecule has 2 aromatic rings. The van der Waals surface area contributed by atoms with E-state index in [-0.39, 0.29) is 0 Å². The molecule has 1 aromatic carbocycles. The van der Waals surface area contributed by atoms with Crippen LogP contribution < -0.4 is 0 Å². The predicted octanol–water partition coefficient (Wildman–Crippen LogP) is 1.91. The van der Waals surface area contributed by atoms with Gasteiger partial charge in [-0.1, -0.05) is 6.07 Å². The number of benzene rings is 1. The van der Waals surface area contributed by atoms with Crippen molar-refractivity contribution in [2.24, 2.45) is 0 Å². The van der Waals surface area contributed by atoms with E-state index in [4.69, 9.17) is 0 Å². The van der Waals surface area contributed by atoms with E-state index in [2.05, 4.69) is 23.6 Å². The zero-order valence-electron chi connectivity index (χ0n) is 9.14. The van der Waals surface area contributed by atoms with E-state index >= 15 is 0 Å². The molecule has 80 valence electrons. The maximum Gasteiger partial charge on any atom is 0.124 e. The Morgan fingerprint density at radius 2 is 2.07 bits per heavy atom. The Hall–Kier alpha value is -1.48. The molecule has 2 rings (SSSR count). The molecule has 3 heteroatoms. The smallest absolute Gasteiger partial charge is 0.124 e. The number of phenols is 1. The molecule has 0 spiro atoms. The first kappa shape index (κ1) is 10.1. The number of fused-ring (bicyclic) bond motifs is 1. The lowest BCUT2D eigenvalue weighted by atomic mass is 10.2. The maximum atomic E-state index is 9.64. The minimum absolute atomic E-state index is 0.358. The molecule has 0 aliphatic heterocycles. The highest BCUT2D eigenvalue weighted by Crippen LogP contribution is 2.24. The van der Waals surface area contributed by atoms with E-state index in [1.54, 1.807) is 6.07 Å². The number of aromatic hydroxyl groups is 1. The summed E-state index contributed by atoms with van der Waals surface area (Å²) in [7, 11) is 4.12. The minimum atomic E-state index is 0.358. The zero-order chi connectivity index (χ0) is 10.8. The Labute approximate surface area is 89.5 Å². The van der Waals surface area contributed by atoms with Gasteiger partial charge in [0.25, 0.3) is 0 Å². The first-order chi connectivity index (χ1) is 7.18. The van der Waals surface area contributed by atoms with Crippen LogP contribution in [0.1, 0.15) is 0 Å². The third-order valence-electron chi connectivity index (χ3n) is 2.58. The summed E-state index contributed by atoms with van der Waals surface area (Å²) in [5.41, 5.74) is 1.09. The molecule has 0 atom stereocenters. The van der Waals surface area contributed by atoms with Crippen LogP contribution in [0, 0.1) is 0 Å². The number of hydrogen-bond donors (Lipinski definition) is 1. The van der Waals surface area contributed by atoms with Crippen molar-refractivity contribution in [1.82, 2.24) is 9.47 Å². The first-order valence-electron chi connectivity index (χ1n) is 5.10. The highest BCUT2D eigenvalue weighted by molar-refractivity contribution is 5.86. The van der Waals surface area contributed by atoms with Crippen molar-refractivity contribution in [2.75, 3.05) is 20.6 Å². The highest BCUT2D eigenvalue weighted by Gasteiger charge is 2.03. The van der Waals surface area contributed by atoms with Crippen LogP contribution >= 0.6 is 0 Å². The van der Waals surface area contributed by atoms with Gasteiger partial charge in [0.1, 0.15) is 5.75 Å². The molecule has 15 heavy (non-hydrogen) atoms. The summed E-state index contributed by atoms with van der Waals surface area (Å²) in [6.07, 6.45) is 2.02. The minimum Gasteiger partial charge on any atom is -0.507 e. The average molecular weight is 204 g/mol. The topological polar surface area (TPSA) is 28.4 Å². The fraction of sp³-hybridized carbons (Fsp3) is 0.333. The Balaban J connectivity index is 2.33. The molecule has 0 unspecified atom stereocenters. The molecular weight excluding hydrogens is 188 g/mol. The van der Waals surface area contributed by atoms with Gasteiger partial charge in [-0.25, -0.2) is 0 Å². The van der Waals surface area contributed by atoms with E-state index in [0.717, 1.165) is 24.0 Å². The first-order valence-corrected chi connectivity index (χ1v) is 5.10. The molecule has 0 amide bonds. The summed E-state index contributed by atoms with van der Waals surface area (Å²) >= 11 is 0. The van der Waals surface area contributed by atoms with E-state index in [1.807, 2.05) is 24.4 Å². The molecule has 0 saturated carbocycles. The number of rotatable bonds is 3. The Kier molecular flexibility index (Phi) is 2.64. The van der Waals surface area contributed by atoms with Gasteiger partial charge in [0.2, 0.25) is 0 Å². The molecule has 0 radical (unpaired) electrons. The third-order valence-corrected chi connectivity index (χ3v) is 2.58. The highest BCUT2D eigenvalue weighted by atomic mass is 16.3. The van der Waals surface area contributed by atoms with Gasteiger partial charge in [-0.2, -0.15) is 0 Å². The van der Waals surface area contributed by atoms with Crippen LogP contribution in [0.3, 0.4) is 0 Å². The van der Waals surface area contributed by atoms with Crippen LogP contribution in [0.25, 0.3) is 10.9 Å². The number of aromatic nitrogens is 1. The van der Waals surface area contributed by atoms with Crippen LogP contribution in [0.5, 0.6) is 5.75 Å². The van der Waals surface area contributed by atoms with Crippen LogP contribution in [0.15, 0.2) is 30.5 Å². The van der Waals surface area contributed by atoms with Crippen molar-refractivity contribution < 1.29 is 5.11 Å². The van der Waals surface area contributed by atoms with Crippen LogP contribution in [-0.2, 0) is 6.54 Å². The standard InChI is InChI=1S/C12H16N2O/c1-13(2)8-9-14-7-6-10-11(14)4-3-5-12(10)15/h3-7,15H,8-9H2,1-2H3. The van der Waals surface area contributed by atoms with Gasteiger partial charge >= 0.3 is 0 Å². The summed E-state index contributed by atoms with van der Waals surface area (Å²) in [6.45, 7) is 1.94.